The van der Waals surface area contributed by atoms with Crippen molar-refractivity contribution < 1.29 is 14.4 Å². The van der Waals surface area contributed by atoms with Gasteiger partial charge in [0.05, 0.1) is 11.8 Å². The molecule has 2 aliphatic rings. The number of hydrogen-bond acceptors (Lipinski definition) is 4. The molecule has 0 aromatic heterocycles. The molecule has 26 heavy (non-hydrogen) atoms. The maximum absolute atomic E-state index is 12.8. The van der Waals surface area contributed by atoms with Crippen LogP contribution in [0.3, 0.4) is 0 Å². The molecule has 2 aromatic carbocycles. The Morgan fingerprint density at radius 1 is 1.00 bits per heavy atom. The van der Waals surface area contributed by atoms with Crippen LogP contribution in [0.2, 0.25) is 0 Å². The molecule has 2 heterocycles. The lowest BCUT2D eigenvalue weighted by molar-refractivity contribution is -0.126. The second-order valence-corrected chi connectivity index (χ2v) is 6.76. The van der Waals surface area contributed by atoms with Crippen molar-refractivity contribution in [3.63, 3.8) is 0 Å². The number of amides is 3. The van der Waals surface area contributed by atoms with Gasteiger partial charge in [-0.1, -0.05) is 36.4 Å². The largest absolute Gasteiger partial charge is 0.337 e. The van der Waals surface area contributed by atoms with Gasteiger partial charge in [0.25, 0.3) is 5.91 Å². The highest BCUT2D eigenvalue weighted by Crippen LogP contribution is 2.30. The van der Waals surface area contributed by atoms with Crippen LogP contribution in [0.1, 0.15) is 15.9 Å². The van der Waals surface area contributed by atoms with E-state index in [1.807, 2.05) is 42.5 Å². The molecule has 4 rings (SSSR count). The van der Waals surface area contributed by atoms with Gasteiger partial charge in [0.15, 0.2) is 0 Å². The van der Waals surface area contributed by atoms with Gasteiger partial charge in [0.2, 0.25) is 11.8 Å². The Morgan fingerprint density at radius 3 is 2.27 bits per heavy atom. The third kappa shape index (κ3) is 2.78. The predicted molar refractivity (Wildman–Crippen MR) is 95.8 cm³/mol. The van der Waals surface area contributed by atoms with Crippen LogP contribution in [0, 0.1) is 11.8 Å². The van der Waals surface area contributed by atoms with Crippen molar-refractivity contribution in [3.05, 3.63) is 59.7 Å². The summed E-state index contributed by atoms with van der Waals surface area (Å²) in [6.45, 7) is 1.06. The van der Waals surface area contributed by atoms with E-state index >= 15 is 0 Å². The third-order valence-corrected chi connectivity index (χ3v) is 5.16. The molecule has 0 radical (unpaired) electrons. The molecule has 6 nitrogen and oxygen atoms in total. The lowest BCUT2D eigenvalue weighted by atomic mass is 10.00. The number of benzene rings is 2. The van der Waals surface area contributed by atoms with E-state index in [9.17, 15) is 14.4 Å². The van der Waals surface area contributed by atoms with Gasteiger partial charge < -0.3 is 10.6 Å². The highest BCUT2D eigenvalue weighted by atomic mass is 16.2. The van der Waals surface area contributed by atoms with Gasteiger partial charge in [-0.05, 0) is 28.8 Å². The Hall–Kier alpha value is -2.99. The Labute approximate surface area is 151 Å². The van der Waals surface area contributed by atoms with Crippen molar-refractivity contribution in [2.24, 2.45) is 17.6 Å². The number of nitrogens with zero attached hydrogens (tertiary/aromatic N) is 1. The SMILES string of the molecule is NCc1ccc(-c2cccc(C(=O)N3C[C@@H]4C(=O)NC(=O)[C@@H]4C3)c2)cc1. The molecule has 0 saturated carbocycles. The minimum Gasteiger partial charge on any atom is -0.337 e. The lowest BCUT2D eigenvalue weighted by Gasteiger charge is -2.17. The summed E-state index contributed by atoms with van der Waals surface area (Å²) in [4.78, 5) is 38.0. The topological polar surface area (TPSA) is 92.5 Å². The zero-order valence-corrected chi connectivity index (χ0v) is 14.1. The van der Waals surface area contributed by atoms with Gasteiger partial charge in [-0.25, -0.2) is 0 Å². The molecule has 132 valence electrons. The molecule has 0 aliphatic carbocycles. The molecule has 6 heteroatoms. The maximum Gasteiger partial charge on any atom is 0.253 e. The Bertz CT molecular complexity index is 869. The first-order chi connectivity index (χ1) is 12.6. The molecule has 3 amide bonds. The number of nitrogens with one attached hydrogen (secondary N) is 1. The summed E-state index contributed by atoms with van der Waals surface area (Å²) < 4.78 is 0. The summed E-state index contributed by atoms with van der Waals surface area (Å²) in [6, 6.07) is 15.3. The molecule has 2 atom stereocenters. The molecule has 2 saturated heterocycles. The summed E-state index contributed by atoms with van der Waals surface area (Å²) in [5, 5.41) is 2.33. The molecule has 2 fully saturated rings. The number of carbonyl (C=O) groups excluding carboxylic acids is 3. The van der Waals surface area contributed by atoms with Gasteiger partial charge in [0, 0.05) is 25.2 Å². The summed E-state index contributed by atoms with van der Waals surface area (Å²) >= 11 is 0. The van der Waals surface area contributed by atoms with Crippen molar-refractivity contribution in [1.29, 1.82) is 0 Å². The van der Waals surface area contributed by atoms with Crippen LogP contribution in [0.25, 0.3) is 11.1 Å². The predicted octanol–water partition coefficient (Wildman–Crippen LogP) is 1.16. The third-order valence-electron chi connectivity index (χ3n) is 5.16. The first kappa shape index (κ1) is 16.5. The maximum atomic E-state index is 12.8. The van der Waals surface area contributed by atoms with E-state index in [1.54, 1.807) is 11.0 Å². The van der Waals surface area contributed by atoms with E-state index in [0.717, 1.165) is 16.7 Å². The molecule has 0 bridgehead atoms. The number of nitrogens with two attached hydrogens (primary N) is 1. The first-order valence-electron chi connectivity index (χ1n) is 8.60. The highest BCUT2D eigenvalue weighted by molar-refractivity contribution is 6.07. The summed E-state index contributed by atoms with van der Waals surface area (Å²) in [5.74, 6) is -1.54. The van der Waals surface area contributed by atoms with Crippen molar-refractivity contribution in [2.75, 3.05) is 13.1 Å². The van der Waals surface area contributed by atoms with Crippen LogP contribution in [0.5, 0.6) is 0 Å². The number of imide groups is 1. The van der Waals surface area contributed by atoms with E-state index < -0.39 is 11.8 Å². The molecule has 3 N–H and O–H groups in total. The average molecular weight is 349 g/mol. The number of likely N-dealkylation sites (tertiary alicyclic amines) is 1. The molecular formula is C20H19N3O3. The van der Waals surface area contributed by atoms with Crippen LogP contribution in [0.15, 0.2) is 48.5 Å². The standard InChI is InChI=1S/C20H19N3O3/c21-9-12-4-6-13(7-5-12)14-2-1-3-15(8-14)20(26)23-10-16-17(11-23)19(25)22-18(16)24/h1-8,16-17H,9-11,21H2,(H,22,24,25)/t16-,17+. The molecule has 0 spiro atoms. The van der Waals surface area contributed by atoms with Gasteiger partial charge in [0.1, 0.15) is 0 Å². The van der Waals surface area contributed by atoms with E-state index in [4.69, 9.17) is 5.73 Å². The quantitative estimate of drug-likeness (QED) is 0.813. The average Bonchev–Trinajstić information content (AvgIpc) is 3.23. The molecular weight excluding hydrogens is 330 g/mol. The summed E-state index contributed by atoms with van der Waals surface area (Å²) in [7, 11) is 0. The Morgan fingerprint density at radius 2 is 1.65 bits per heavy atom. The second-order valence-electron chi connectivity index (χ2n) is 6.76. The van der Waals surface area contributed by atoms with Crippen molar-refractivity contribution in [2.45, 2.75) is 6.54 Å². The van der Waals surface area contributed by atoms with Gasteiger partial charge >= 0.3 is 0 Å². The Balaban J connectivity index is 1.56. The fourth-order valence-corrected chi connectivity index (χ4v) is 3.66. The van der Waals surface area contributed by atoms with Crippen LogP contribution >= 0.6 is 0 Å². The van der Waals surface area contributed by atoms with Gasteiger partial charge in [-0.15, -0.1) is 0 Å². The number of carbonyl (C=O) groups is 3. The van der Waals surface area contributed by atoms with E-state index in [1.165, 1.54) is 0 Å². The van der Waals surface area contributed by atoms with Crippen molar-refractivity contribution in [1.82, 2.24) is 10.2 Å². The van der Waals surface area contributed by atoms with E-state index in [2.05, 4.69) is 5.32 Å². The summed E-state index contributed by atoms with van der Waals surface area (Å²) in [5.41, 5.74) is 9.17. The van der Waals surface area contributed by atoms with Crippen molar-refractivity contribution in [3.8, 4) is 11.1 Å². The minimum atomic E-state index is -0.418. The van der Waals surface area contributed by atoms with Gasteiger partial charge in [-0.3, -0.25) is 19.7 Å². The van der Waals surface area contributed by atoms with Gasteiger partial charge in [-0.2, -0.15) is 0 Å². The smallest absolute Gasteiger partial charge is 0.253 e. The fraction of sp³-hybridized carbons (Fsp3) is 0.250. The zero-order valence-electron chi connectivity index (χ0n) is 14.1. The molecule has 2 aliphatic heterocycles. The van der Waals surface area contributed by atoms with Crippen LogP contribution in [-0.4, -0.2) is 35.7 Å². The van der Waals surface area contributed by atoms with Crippen LogP contribution in [-0.2, 0) is 16.1 Å². The first-order valence-corrected chi connectivity index (χ1v) is 8.60. The second kappa shape index (κ2) is 6.38. The monoisotopic (exact) mass is 349 g/mol. The normalized spacial score (nSPS) is 21.7. The number of hydrogen-bond donors (Lipinski definition) is 2. The van der Waals surface area contributed by atoms with Crippen molar-refractivity contribution >= 4 is 17.7 Å². The fourth-order valence-electron chi connectivity index (χ4n) is 3.66. The Kier molecular flexibility index (Phi) is 4.05. The summed E-state index contributed by atoms with van der Waals surface area (Å²) in [6.07, 6.45) is 0. The van der Waals surface area contributed by atoms with Crippen LogP contribution in [0.4, 0.5) is 0 Å². The van der Waals surface area contributed by atoms with E-state index in [-0.39, 0.29) is 30.8 Å². The number of fused-ring (bicyclic) bond motifs is 1. The number of rotatable bonds is 3. The van der Waals surface area contributed by atoms with Crippen LogP contribution < -0.4 is 11.1 Å². The lowest BCUT2D eigenvalue weighted by Crippen LogP contribution is -2.35. The minimum absolute atomic E-state index is 0.152. The highest BCUT2D eigenvalue weighted by Gasteiger charge is 2.48. The van der Waals surface area contributed by atoms with E-state index in [0.29, 0.717) is 12.1 Å². The molecule has 0 unspecified atom stereocenters. The molecule has 2 aromatic rings. The zero-order chi connectivity index (χ0) is 18.3.